The third kappa shape index (κ3) is 4.71. The monoisotopic (exact) mass is 481 g/mol. The lowest BCUT2D eigenvalue weighted by Gasteiger charge is -2.17. The fraction of sp³-hybridized carbons (Fsp3) is 0.300. The van der Waals surface area contributed by atoms with Crippen molar-refractivity contribution in [3.8, 4) is 11.5 Å². The maximum absolute atomic E-state index is 13.5. The molecule has 2 aromatic carbocycles. The number of alkyl halides is 1. The van der Waals surface area contributed by atoms with Crippen LogP contribution in [0.2, 0.25) is 5.02 Å². The standard InChI is InChI=1S/C20H18BrClFN3O3/c21-4-6-28-18-9-17-14(8-19(18)29-13-3-5-27-10-13)20(25-11-24-17)26-12-1-2-16(23)15(22)7-12/h1-2,7-9,11,13H,3-6,10H2,(H,24,25,26). The molecule has 0 aliphatic carbocycles. The highest BCUT2D eigenvalue weighted by atomic mass is 79.9. The van der Waals surface area contributed by atoms with Crippen molar-refractivity contribution < 1.29 is 18.6 Å². The van der Waals surface area contributed by atoms with Gasteiger partial charge in [0.25, 0.3) is 0 Å². The number of rotatable bonds is 7. The van der Waals surface area contributed by atoms with Crippen LogP contribution in [0.4, 0.5) is 15.9 Å². The van der Waals surface area contributed by atoms with Crippen molar-refractivity contribution in [2.75, 3.05) is 30.5 Å². The Morgan fingerprint density at radius 3 is 2.90 bits per heavy atom. The molecular formula is C20H18BrClFN3O3. The van der Waals surface area contributed by atoms with Gasteiger partial charge in [0.15, 0.2) is 11.5 Å². The number of hydrogen-bond donors (Lipinski definition) is 1. The maximum Gasteiger partial charge on any atom is 0.163 e. The first-order chi connectivity index (χ1) is 14.1. The highest BCUT2D eigenvalue weighted by molar-refractivity contribution is 9.09. The van der Waals surface area contributed by atoms with Crippen LogP contribution < -0.4 is 14.8 Å². The third-order valence-electron chi connectivity index (χ3n) is 4.40. The van der Waals surface area contributed by atoms with E-state index in [1.807, 2.05) is 12.1 Å². The highest BCUT2D eigenvalue weighted by Gasteiger charge is 2.21. The average Bonchev–Trinajstić information content (AvgIpc) is 3.23. The highest BCUT2D eigenvalue weighted by Crippen LogP contribution is 2.36. The number of anilines is 2. The molecule has 0 spiro atoms. The molecule has 1 aromatic heterocycles. The summed E-state index contributed by atoms with van der Waals surface area (Å²) in [5, 5.41) is 4.64. The molecule has 3 aromatic rings. The van der Waals surface area contributed by atoms with Gasteiger partial charge in [-0.25, -0.2) is 14.4 Å². The fourth-order valence-corrected chi connectivity index (χ4v) is 3.36. The van der Waals surface area contributed by atoms with E-state index in [9.17, 15) is 4.39 Å². The van der Waals surface area contributed by atoms with E-state index < -0.39 is 5.82 Å². The number of hydrogen-bond acceptors (Lipinski definition) is 6. The first kappa shape index (κ1) is 20.1. The maximum atomic E-state index is 13.5. The van der Waals surface area contributed by atoms with Crippen LogP contribution in [0.15, 0.2) is 36.7 Å². The molecular weight excluding hydrogens is 465 g/mol. The molecule has 4 rings (SSSR count). The van der Waals surface area contributed by atoms with Crippen LogP contribution in [-0.2, 0) is 4.74 Å². The average molecular weight is 483 g/mol. The number of fused-ring (bicyclic) bond motifs is 1. The fourth-order valence-electron chi connectivity index (χ4n) is 3.01. The Bertz CT molecular complexity index is 1020. The van der Waals surface area contributed by atoms with Gasteiger partial charge in [0, 0.05) is 28.9 Å². The number of halogens is 3. The van der Waals surface area contributed by atoms with Gasteiger partial charge in [-0.2, -0.15) is 0 Å². The molecule has 0 radical (unpaired) electrons. The summed E-state index contributed by atoms with van der Waals surface area (Å²) in [5.41, 5.74) is 1.30. The molecule has 0 amide bonds. The van der Waals surface area contributed by atoms with Crippen molar-refractivity contribution in [1.82, 2.24) is 9.97 Å². The van der Waals surface area contributed by atoms with Gasteiger partial charge in [-0.05, 0) is 24.3 Å². The quantitative estimate of drug-likeness (QED) is 0.472. The third-order valence-corrected chi connectivity index (χ3v) is 5.01. The van der Waals surface area contributed by atoms with Crippen LogP contribution in [-0.4, -0.2) is 41.2 Å². The lowest BCUT2D eigenvalue weighted by molar-refractivity contribution is 0.138. The molecule has 1 N–H and O–H groups in total. The van der Waals surface area contributed by atoms with Crippen molar-refractivity contribution in [2.45, 2.75) is 12.5 Å². The predicted octanol–water partition coefficient (Wildman–Crippen LogP) is 5.11. The van der Waals surface area contributed by atoms with E-state index in [4.69, 9.17) is 25.8 Å². The number of ether oxygens (including phenoxy) is 3. The molecule has 1 atom stereocenters. The zero-order valence-corrected chi connectivity index (χ0v) is 17.7. The predicted molar refractivity (Wildman–Crippen MR) is 113 cm³/mol. The molecule has 1 unspecified atom stereocenters. The van der Waals surface area contributed by atoms with Gasteiger partial charge in [-0.1, -0.05) is 27.5 Å². The Hall–Kier alpha value is -2.16. The Balaban J connectivity index is 1.71. The SMILES string of the molecule is Fc1ccc(Nc2ncnc3cc(OCCBr)c(OC4CCOC4)cc23)cc1Cl. The number of nitrogens with zero attached hydrogens (tertiary/aromatic N) is 2. The number of benzene rings is 2. The van der Waals surface area contributed by atoms with E-state index in [2.05, 4.69) is 31.2 Å². The largest absolute Gasteiger partial charge is 0.489 e. The minimum Gasteiger partial charge on any atom is -0.489 e. The molecule has 29 heavy (non-hydrogen) atoms. The molecule has 0 bridgehead atoms. The van der Waals surface area contributed by atoms with E-state index in [0.29, 0.717) is 53.7 Å². The zero-order valence-electron chi connectivity index (χ0n) is 15.3. The van der Waals surface area contributed by atoms with Crippen LogP contribution in [0.3, 0.4) is 0 Å². The Kier molecular flexibility index (Phi) is 6.32. The van der Waals surface area contributed by atoms with Crippen LogP contribution in [0.5, 0.6) is 11.5 Å². The Morgan fingerprint density at radius 2 is 2.14 bits per heavy atom. The summed E-state index contributed by atoms with van der Waals surface area (Å²) >= 11 is 9.26. The van der Waals surface area contributed by atoms with Gasteiger partial charge < -0.3 is 19.5 Å². The van der Waals surface area contributed by atoms with E-state index >= 15 is 0 Å². The molecule has 1 fully saturated rings. The van der Waals surface area contributed by atoms with Gasteiger partial charge in [0.2, 0.25) is 0 Å². The van der Waals surface area contributed by atoms with Crippen molar-refractivity contribution in [1.29, 1.82) is 0 Å². The summed E-state index contributed by atoms with van der Waals surface area (Å²) in [4.78, 5) is 8.68. The molecule has 1 saturated heterocycles. The lowest BCUT2D eigenvalue weighted by Crippen LogP contribution is -2.16. The van der Waals surface area contributed by atoms with Crippen LogP contribution in [0, 0.1) is 5.82 Å². The summed E-state index contributed by atoms with van der Waals surface area (Å²) in [6.45, 7) is 1.71. The summed E-state index contributed by atoms with van der Waals surface area (Å²) in [6.07, 6.45) is 2.24. The van der Waals surface area contributed by atoms with Gasteiger partial charge in [0.1, 0.15) is 24.1 Å². The smallest absolute Gasteiger partial charge is 0.163 e. The first-order valence-corrected chi connectivity index (χ1v) is 10.6. The van der Waals surface area contributed by atoms with E-state index in [-0.39, 0.29) is 11.1 Å². The zero-order chi connectivity index (χ0) is 20.2. The number of nitrogens with one attached hydrogen (secondary N) is 1. The first-order valence-electron chi connectivity index (χ1n) is 9.08. The van der Waals surface area contributed by atoms with E-state index in [1.165, 1.54) is 18.5 Å². The van der Waals surface area contributed by atoms with Crippen LogP contribution in [0.25, 0.3) is 10.9 Å². The van der Waals surface area contributed by atoms with Crippen molar-refractivity contribution in [3.05, 3.63) is 47.5 Å². The molecule has 1 aliphatic heterocycles. The summed E-state index contributed by atoms with van der Waals surface area (Å²) < 4.78 is 30.8. The van der Waals surface area contributed by atoms with Crippen LogP contribution in [0.1, 0.15) is 6.42 Å². The van der Waals surface area contributed by atoms with Gasteiger partial charge in [-0.3, -0.25) is 0 Å². The summed E-state index contributed by atoms with van der Waals surface area (Å²) in [7, 11) is 0. The second kappa shape index (κ2) is 9.11. The van der Waals surface area contributed by atoms with Crippen LogP contribution >= 0.6 is 27.5 Å². The minimum absolute atomic E-state index is 0.0316. The normalized spacial score (nSPS) is 16.2. The Labute approximate surface area is 180 Å². The second-order valence-electron chi connectivity index (χ2n) is 6.43. The van der Waals surface area contributed by atoms with Crippen molar-refractivity contribution in [2.24, 2.45) is 0 Å². The Morgan fingerprint density at radius 1 is 1.24 bits per heavy atom. The van der Waals surface area contributed by atoms with Gasteiger partial charge in [-0.15, -0.1) is 0 Å². The number of aromatic nitrogens is 2. The molecule has 1 aliphatic rings. The summed E-state index contributed by atoms with van der Waals surface area (Å²) in [5.74, 6) is 1.28. The molecule has 6 nitrogen and oxygen atoms in total. The molecule has 2 heterocycles. The second-order valence-corrected chi connectivity index (χ2v) is 7.63. The van der Waals surface area contributed by atoms with Gasteiger partial charge in [0.05, 0.1) is 30.4 Å². The molecule has 152 valence electrons. The summed E-state index contributed by atoms with van der Waals surface area (Å²) in [6, 6.07) is 8.08. The topological polar surface area (TPSA) is 65.5 Å². The molecule has 9 heteroatoms. The molecule has 0 saturated carbocycles. The van der Waals surface area contributed by atoms with Gasteiger partial charge >= 0.3 is 0 Å². The van der Waals surface area contributed by atoms with Crippen molar-refractivity contribution in [3.63, 3.8) is 0 Å². The van der Waals surface area contributed by atoms with E-state index in [1.54, 1.807) is 6.07 Å². The van der Waals surface area contributed by atoms with Crippen molar-refractivity contribution >= 4 is 49.9 Å². The lowest BCUT2D eigenvalue weighted by atomic mass is 10.2. The van der Waals surface area contributed by atoms with E-state index in [0.717, 1.165) is 11.8 Å². The minimum atomic E-state index is -0.479.